The van der Waals surface area contributed by atoms with Crippen molar-refractivity contribution in [2.75, 3.05) is 14.2 Å². The molecule has 0 aliphatic carbocycles. The summed E-state index contributed by atoms with van der Waals surface area (Å²) in [6.45, 7) is 0. The van der Waals surface area contributed by atoms with Crippen molar-refractivity contribution in [3.8, 4) is 24.7 Å². The molecule has 0 unspecified atom stereocenters. The lowest BCUT2D eigenvalue weighted by molar-refractivity contribution is -0.277. The fraction of sp³-hybridized carbons (Fsp3) is 0.520. The van der Waals surface area contributed by atoms with Gasteiger partial charge in [0.25, 0.3) is 11.2 Å². The van der Waals surface area contributed by atoms with Crippen molar-refractivity contribution in [3.63, 3.8) is 0 Å². The highest BCUT2D eigenvalue weighted by Gasteiger charge is 2.65. The van der Waals surface area contributed by atoms with Gasteiger partial charge in [-0.1, -0.05) is 161 Å². The minimum absolute atomic E-state index is 0.393. The zero-order valence-electron chi connectivity index (χ0n) is 36.0. The van der Waals surface area contributed by atoms with Crippen molar-refractivity contribution in [2.45, 2.75) is 151 Å². The Kier molecular flexibility index (Phi) is 24.7. The zero-order valence-corrected chi connectivity index (χ0v) is 36.0. The Labute approximate surface area is 364 Å². The molecular formula is C50H62F6O6. The van der Waals surface area contributed by atoms with Crippen LogP contribution < -0.4 is 0 Å². The summed E-state index contributed by atoms with van der Waals surface area (Å²) in [6.07, 6.45) is 27.8. The minimum Gasteiger partial charge on any atom is -0.442 e. The maximum absolute atomic E-state index is 14.1. The van der Waals surface area contributed by atoms with Crippen molar-refractivity contribution >= 4 is 11.9 Å². The maximum Gasteiger partial charge on any atom is 0.432 e. The second kappa shape index (κ2) is 28.7. The zero-order chi connectivity index (χ0) is 45.7. The topological polar surface area (TPSA) is 71.1 Å². The molecule has 0 aromatic heterocycles. The molecule has 2 rings (SSSR count). The fourth-order valence-corrected chi connectivity index (χ4v) is 6.92. The van der Waals surface area contributed by atoms with Gasteiger partial charge in [-0.15, -0.1) is 12.8 Å². The molecule has 6 nitrogen and oxygen atoms in total. The SMILES string of the molecule is C#C[C@@H](/C=C/CCCCCCCCC/C=C\CCCCCCCCC/C=C/[C@H](C#C)OC(=O)[C@@](OC)(c1ccccc1)C(F)(F)F)OC(=O)[C@@](OC)(c1ccccc1)C(F)(F)F. The van der Waals surface area contributed by atoms with E-state index in [-0.39, 0.29) is 0 Å². The molecule has 62 heavy (non-hydrogen) atoms. The molecule has 0 aliphatic rings. The number of alkyl halides is 6. The molecule has 2 aromatic rings. The van der Waals surface area contributed by atoms with Gasteiger partial charge in [0, 0.05) is 25.3 Å². The van der Waals surface area contributed by atoms with Gasteiger partial charge in [-0.05, 0) is 63.5 Å². The van der Waals surface area contributed by atoms with Gasteiger partial charge in [-0.25, -0.2) is 9.59 Å². The number of carbonyl (C=O) groups is 2. The van der Waals surface area contributed by atoms with Crippen LogP contribution in [0.1, 0.15) is 127 Å². The first kappa shape index (κ1) is 53.4. The number of rotatable bonds is 30. The van der Waals surface area contributed by atoms with Gasteiger partial charge in [0.2, 0.25) is 0 Å². The number of unbranched alkanes of at least 4 members (excludes halogenated alkanes) is 16. The van der Waals surface area contributed by atoms with Gasteiger partial charge in [-0.3, -0.25) is 0 Å². The van der Waals surface area contributed by atoms with E-state index >= 15 is 0 Å². The van der Waals surface area contributed by atoms with Crippen molar-refractivity contribution in [1.29, 1.82) is 0 Å². The number of hydrogen-bond acceptors (Lipinski definition) is 6. The van der Waals surface area contributed by atoms with Gasteiger partial charge < -0.3 is 18.9 Å². The van der Waals surface area contributed by atoms with Gasteiger partial charge in [-0.2, -0.15) is 26.3 Å². The monoisotopic (exact) mass is 872 g/mol. The molecule has 0 amide bonds. The highest BCUT2D eigenvalue weighted by Crippen LogP contribution is 2.44. The van der Waals surface area contributed by atoms with Crippen LogP contribution in [0.25, 0.3) is 0 Å². The summed E-state index contributed by atoms with van der Waals surface area (Å²) in [4.78, 5) is 25.6. The number of hydrogen-bond donors (Lipinski definition) is 0. The van der Waals surface area contributed by atoms with Crippen LogP contribution >= 0.6 is 0 Å². The van der Waals surface area contributed by atoms with Crippen LogP contribution in [-0.2, 0) is 39.7 Å². The third-order valence-corrected chi connectivity index (χ3v) is 10.4. The van der Waals surface area contributed by atoms with E-state index in [9.17, 15) is 35.9 Å². The van der Waals surface area contributed by atoms with Crippen molar-refractivity contribution in [2.24, 2.45) is 0 Å². The van der Waals surface area contributed by atoms with E-state index in [0.29, 0.717) is 12.8 Å². The maximum atomic E-state index is 14.1. The highest BCUT2D eigenvalue weighted by molar-refractivity contribution is 5.84. The van der Waals surface area contributed by atoms with E-state index in [1.165, 1.54) is 61.4 Å². The Morgan fingerprint density at radius 2 is 0.774 bits per heavy atom. The summed E-state index contributed by atoms with van der Waals surface area (Å²) in [5, 5.41) is 0. The van der Waals surface area contributed by atoms with Crippen LogP contribution in [-0.4, -0.2) is 50.7 Å². The number of benzene rings is 2. The lowest BCUT2D eigenvalue weighted by atomic mass is 9.92. The third kappa shape index (κ3) is 16.8. The first-order valence-electron chi connectivity index (χ1n) is 21.4. The average Bonchev–Trinajstić information content (AvgIpc) is 3.24. The van der Waals surface area contributed by atoms with Crippen molar-refractivity contribution < 1.29 is 54.9 Å². The number of terminal acetylenes is 2. The summed E-state index contributed by atoms with van der Waals surface area (Å²) in [5.41, 5.74) is -7.36. The molecule has 12 heteroatoms. The molecule has 0 fully saturated rings. The first-order valence-corrected chi connectivity index (χ1v) is 21.4. The van der Waals surface area contributed by atoms with E-state index in [1.807, 2.05) is 0 Å². The number of methoxy groups -OCH3 is 2. The summed E-state index contributed by atoms with van der Waals surface area (Å²) in [7, 11) is 1.62. The molecule has 0 spiro atoms. The summed E-state index contributed by atoms with van der Waals surface area (Å²) >= 11 is 0. The lowest BCUT2D eigenvalue weighted by Gasteiger charge is -2.32. The van der Waals surface area contributed by atoms with E-state index in [4.69, 9.17) is 31.8 Å². The molecule has 0 aliphatic heterocycles. The number of halogens is 6. The van der Waals surface area contributed by atoms with E-state index in [0.717, 1.165) is 128 Å². The number of ether oxygens (including phenoxy) is 4. The largest absolute Gasteiger partial charge is 0.442 e. The Morgan fingerprint density at radius 3 is 1.03 bits per heavy atom. The molecule has 4 atom stereocenters. The molecule has 0 saturated carbocycles. The van der Waals surface area contributed by atoms with Gasteiger partial charge in [0.15, 0.2) is 12.2 Å². The van der Waals surface area contributed by atoms with Crippen LogP contribution in [0.4, 0.5) is 26.3 Å². The van der Waals surface area contributed by atoms with Gasteiger partial charge in [0.1, 0.15) is 0 Å². The Hall–Kier alpha value is -4.78. The normalized spacial score (nSPS) is 15.1. The number of esters is 2. The van der Waals surface area contributed by atoms with Crippen LogP contribution in [0, 0.1) is 24.7 Å². The van der Waals surface area contributed by atoms with E-state index in [2.05, 4.69) is 24.0 Å². The molecular weight excluding hydrogens is 811 g/mol. The van der Waals surface area contributed by atoms with Crippen LogP contribution in [0.5, 0.6) is 0 Å². The second-order valence-corrected chi connectivity index (χ2v) is 14.9. The van der Waals surface area contributed by atoms with Crippen LogP contribution in [0.3, 0.4) is 0 Å². The van der Waals surface area contributed by atoms with Gasteiger partial charge >= 0.3 is 24.3 Å². The molecule has 0 saturated heterocycles. The number of allylic oxidation sites excluding steroid dienone is 4. The summed E-state index contributed by atoms with van der Waals surface area (Å²) < 4.78 is 104. The summed E-state index contributed by atoms with van der Waals surface area (Å²) in [6, 6.07) is 13.2. The Balaban J connectivity index is 1.48. The fourth-order valence-electron chi connectivity index (χ4n) is 6.92. The molecule has 0 N–H and O–H groups in total. The van der Waals surface area contributed by atoms with Crippen LogP contribution in [0.15, 0.2) is 97.1 Å². The molecule has 0 bridgehead atoms. The van der Waals surface area contributed by atoms with Crippen LogP contribution in [0.2, 0.25) is 0 Å². The predicted molar refractivity (Wildman–Crippen MR) is 230 cm³/mol. The Bertz CT molecular complexity index is 1610. The summed E-state index contributed by atoms with van der Waals surface area (Å²) in [5.74, 6) is 1.20. The first-order chi connectivity index (χ1) is 29.7. The molecule has 2 aromatic carbocycles. The molecule has 0 heterocycles. The number of carbonyl (C=O) groups excluding carboxylic acids is 2. The van der Waals surface area contributed by atoms with Crippen molar-refractivity contribution in [1.82, 2.24) is 0 Å². The van der Waals surface area contributed by atoms with E-state index < -0.39 is 58.8 Å². The molecule has 0 radical (unpaired) electrons. The average molecular weight is 873 g/mol. The predicted octanol–water partition coefficient (Wildman–Crippen LogP) is 13.0. The highest BCUT2D eigenvalue weighted by atomic mass is 19.4. The smallest absolute Gasteiger partial charge is 0.432 e. The third-order valence-electron chi connectivity index (χ3n) is 10.4. The Morgan fingerprint density at radius 1 is 0.500 bits per heavy atom. The lowest BCUT2D eigenvalue weighted by Crippen LogP contribution is -2.52. The standard InChI is InChI=1S/C50H62F6O6/c1-5-43(61-45(57)47(59-3,49(51,52)53)41-35-29-27-30-36-41)39-33-25-23-21-19-17-15-13-11-9-7-8-10-12-14-16-18-20-22-24-26-34-40-44(6-2)62-46(58)48(60-4,50(54,55)56)42-37-31-28-32-38-42/h1-2,7-8,27-40,43-44H,9-26H2,3-4H3/b8-7-,39-33+,40-34+/t43-,44-,47-,48-/m0/s1. The minimum atomic E-state index is -5.07. The quantitative estimate of drug-likeness (QED) is 0.0256. The van der Waals surface area contributed by atoms with Gasteiger partial charge in [0.05, 0.1) is 0 Å². The van der Waals surface area contributed by atoms with Crippen molar-refractivity contribution in [3.05, 3.63) is 108 Å². The van der Waals surface area contributed by atoms with E-state index in [1.54, 1.807) is 12.2 Å². The second-order valence-electron chi connectivity index (χ2n) is 14.9. The molecule has 340 valence electrons.